The molecule has 0 amide bonds. The number of ether oxygens (including phenoxy) is 4. The highest BCUT2D eigenvalue weighted by Crippen LogP contribution is 2.44. The van der Waals surface area contributed by atoms with E-state index in [9.17, 15) is 24.3 Å². The van der Waals surface area contributed by atoms with E-state index in [2.05, 4.69) is 11.2 Å². The van der Waals surface area contributed by atoms with E-state index >= 15 is 0 Å². The van der Waals surface area contributed by atoms with E-state index in [1.807, 2.05) is 48.5 Å². The largest absolute Gasteiger partial charge is 0.469 e. The van der Waals surface area contributed by atoms with Crippen LogP contribution < -0.4 is 0 Å². The van der Waals surface area contributed by atoms with Crippen LogP contribution in [-0.2, 0) is 43.0 Å². The fourth-order valence-electron chi connectivity index (χ4n) is 6.10. The van der Waals surface area contributed by atoms with Crippen molar-refractivity contribution in [2.75, 3.05) is 27.1 Å². The highest BCUT2D eigenvalue weighted by atomic mass is 16.7. The average Bonchev–Trinajstić information content (AvgIpc) is 3.90. The molecule has 1 aliphatic rings. The first-order valence-electron chi connectivity index (χ1n) is 15.7. The molecule has 0 saturated carbocycles. The molecule has 5 unspecified atom stereocenters. The molecule has 1 aliphatic heterocycles. The van der Waals surface area contributed by atoms with E-state index in [0.29, 0.717) is 13.0 Å². The van der Waals surface area contributed by atoms with Gasteiger partial charge in [0, 0.05) is 5.56 Å². The van der Waals surface area contributed by atoms with Crippen molar-refractivity contribution in [2.45, 2.75) is 59.5 Å². The molecule has 1 N–H and O–H groups in total. The van der Waals surface area contributed by atoms with Gasteiger partial charge in [0.15, 0.2) is 6.79 Å². The highest BCUT2D eigenvalue weighted by Gasteiger charge is 2.48. The van der Waals surface area contributed by atoms with Gasteiger partial charge >= 0.3 is 23.9 Å². The van der Waals surface area contributed by atoms with Crippen molar-refractivity contribution in [1.82, 2.24) is 0 Å². The van der Waals surface area contributed by atoms with E-state index in [1.165, 1.54) is 13.3 Å². The Morgan fingerprint density at radius 2 is 1.60 bits per heavy atom. The first-order chi connectivity index (χ1) is 22.4. The summed E-state index contributed by atoms with van der Waals surface area (Å²) >= 11 is 0. The number of hydrogen-bond acceptors (Lipinski definition) is 11. The summed E-state index contributed by atoms with van der Waals surface area (Å²) in [4.78, 5) is 57.9. The Hall–Kier alpha value is -4.35. The number of nitrogens with zero attached hydrogens (tertiary/aromatic N) is 1. The third-order valence-corrected chi connectivity index (χ3v) is 8.95. The van der Waals surface area contributed by atoms with Crippen molar-refractivity contribution in [3.8, 4) is 0 Å². The minimum atomic E-state index is -1.37. The predicted octanol–water partition coefficient (Wildman–Crippen LogP) is 5.32. The molecule has 1 fully saturated rings. The molecule has 0 aliphatic carbocycles. The summed E-state index contributed by atoms with van der Waals surface area (Å²) in [6, 6.07) is 17.7. The molecule has 3 aromatic carbocycles. The predicted molar refractivity (Wildman–Crippen MR) is 174 cm³/mol. The van der Waals surface area contributed by atoms with Crippen LogP contribution in [0.5, 0.6) is 0 Å². The zero-order valence-electron chi connectivity index (χ0n) is 27.5. The van der Waals surface area contributed by atoms with E-state index in [1.54, 1.807) is 27.7 Å². The van der Waals surface area contributed by atoms with Gasteiger partial charge in [0.2, 0.25) is 0 Å². The molecule has 0 bridgehead atoms. The second kappa shape index (κ2) is 15.5. The number of aliphatic hydroxyl groups excluding tert-OH is 1. The van der Waals surface area contributed by atoms with Crippen LogP contribution in [-0.4, -0.2) is 68.4 Å². The summed E-state index contributed by atoms with van der Waals surface area (Å²) in [6.07, 6.45) is 1.44. The number of epoxide rings is 1. The molecule has 11 nitrogen and oxygen atoms in total. The standard InChI is InChI=1S/C36H43NO10/c1-6-35(3,33(41)43-5)21-36(4,34(42)45-20-27-19-44-27)17-26(32(40)46-22-38)15-23(2)31(39)47-37-18-30-28-13-9-7-11-24(28)16-25-12-8-10-14-29(25)30/h7-14,16,18,23,26-27,38H,6,15,17,19-22H2,1-5H3. The summed E-state index contributed by atoms with van der Waals surface area (Å²) < 4.78 is 20.7. The lowest BCUT2D eigenvalue weighted by Gasteiger charge is -2.37. The molecule has 0 aromatic heterocycles. The van der Waals surface area contributed by atoms with Crippen LogP contribution in [0.15, 0.2) is 59.8 Å². The molecule has 0 spiro atoms. The maximum absolute atomic E-state index is 13.6. The zero-order valence-corrected chi connectivity index (χ0v) is 27.5. The summed E-state index contributed by atoms with van der Waals surface area (Å²) in [5, 5.41) is 17.3. The zero-order chi connectivity index (χ0) is 34.2. The number of methoxy groups -OCH3 is 1. The summed E-state index contributed by atoms with van der Waals surface area (Å²) in [5.41, 5.74) is -1.65. The summed E-state index contributed by atoms with van der Waals surface area (Å²) in [5.74, 6) is -4.53. The van der Waals surface area contributed by atoms with Crippen LogP contribution in [0, 0.1) is 22.7 Å². The lowest BCUT2D eigenvalue weighted by molar-refractivity contribution is -0.167. The van der Waals surface area contributed by atoms with Gasteiger partial charge in [0.1, 0.15) is 12.7 Å². The Morgan fingerprint density at radius 3 is 2.15 bits per heavy atom. The van der Waals surface area contributed by atoms with Gasteiger partial charge in [-0.15, -0.1) is 0 Å². The molecule has 1 saturated heterocycles. The van der Waals surface area contributed by atoms with Gasteiger partial charge < -0.3 is 28.9 Å². The Balaban J connectivity index is 1.54. The van der Waals surface area contributed by atoms with Crippen LogP contribution >= 0.6 is 0 Å². The molecule has 11 heteroatoms. The molecule has 5 atom stereocenters. The Bertz CT molecular complexity index is 1580. The van der Waals surface area contributed by atoms with E-state index in [4.69, 9.17) is 23.8 Å². The highest BCUT2D eigenvalue weighted by molar-refractivity contribution is 6.13. The molecular weight excluding hydrogens is 606 g/mol. The number of carbonyl (C=O) groups excluding carboxylic acids is 4. The number of benzene rings is 3. The van der Waals surface area contributed by atoms with Crippen molar-refractivity contribution in [3.63, 3.8) is 0 Å². The fourth-order valence-corrected chi connectivity index (χ4v) is 6.10. The van der Waals surface area contributed by atoms with Gasteiger partial charge in [-0.05, 0) is 67.1 Å². The second-order valence-corrected chi connectivity index (χ2v) is 12.7. The molecule has 252 valence electrons. The number of hydrogen-bond donors (Lipinski definition) is 1. The summed E-state index contributed by atoms with van der Waals surface area (Å²) in [7, 11) is 1.27. The topological polar surface area (TPSA) is 150 Å². The van der Waals surface area contributed by atoms with Crippen molar-refractivity contribution < 1.29 is 48.1 Å². The molecule has 3 aromatic rings. The normalized spacial score (nSPS) is 18.1. The molecular formula is C36H43NO10. The first kappa shape index (κ1) is 35.5. The van der Waals surface area contributed by atoms with Crippen LogP contribution in [0.1, 0.15) is 58.9 Å². The van der Waals surface area contributed by atoms with Crippen molar-refractivity contribution in [2.24, 2.45) is 27.8 Å². The maximum Gasteiger partial charge on any atom is 0.337 e. The monoisotopic (exact) mass is 649 g/mol. The third kappa shape index (κ3) is 8.72. The van der Waals surface area contributed by atoms with Gasteiger partial charge in [-0.1, -0.05) is 67.5 Å². The quantitative estimate of drug-likeness (QED) is 0.0316. The van der Waals surface area contributed by atoms with Crippen molar-refractivity contribution in [1.29, 1.82) is 0 Å². The van der Waals surface area contributed by atoms with E-state index in [-0.39, 0.29) is 32.0 Å². The Labute approximate surface area is 274 Å². The van der Waals surface area contributed by atoms with Gasteiger partial charge in [0.05, 0.1) is 42.6 Å². The first-order valence-corrected chi connectivity index (χ1v) is 15.7. The lowest BCUT2D eigenvalue weighted by atomic mass is 9.67. The van der Waals surface area contributed by atoms with Crippen LogP contribution in [0.4, 0.5) is 0 Å². The Kier molecular flexibility index (Phi) is 11.7. The van der Waals surface area contributed by atoms with Crippen LogP contribution in [0.3, 0.4) is 0 Å². The van der Waals surface area contributed by atoms with Gasteiger partial charge in [-0.2, -0.15) is 0 Å². The van der Waals surface area contributed by atoms with Gasteiger partial charge in [-0.25, -0.2) is 4.79 Å². The van der Waals surface area contributed by atoms with Gasteiger partial charge in [0.25, 0.3) is 0 Å². The molecule has 1 heterocycles. The number of aliphatic hydroxyl groups is 1. The smallest absolute Gasteiger partial charge is 0.337 e. The van der Waals surface area contributed by atoms with Crippen molar-refractivity contribution >= 4 is 51.6 Å². The minimum absolute atomic E-state index is 0.00144. The van der Waals surface area contributed by atoms with Crippen molar-refractivity contribution in [3.05, 3.63) is 60.2 Å². The molecule has 0 radical (unpaired) electrons. The van der Waals surface area contributed by atoms with E-state index in [0.717, 1.165) is 27.1 Å². The molecule has 4 rings (SSSR count). The van der Waals surface area contributed by atoms with Crippen LogP contribution in [0.25, 0.3) is 21.5 Å². The number of fused-ring (bicyclic) bond motifs is 2. The van der Waals surface area contributed by atoms with Crippen LogP contribution in [0.2, 0.25) is 0 Å². The summed E-state index contributed by atoms with van der Waals surface area (Å²) in [6.45, 7) is 6.31. The number of carbonyl (C=O) groups is 4. The minimum Gasteiger partial charge on any atom is -0.469 e. The Morgan fingerprint density at radius 1 is 0.979 bits per heavy atom. The fraction of sp³-hybridized carbons (Fsp3) is 0.472. The number of oxime groups is 1. The van der Waals surface area contributed by atoms with E-state index < -0.39 is 53.3 Å². The SMILES string of the molecule is CCC(C)(CC(C)(CC(CC(C)C(=O)ON=Cc1c2ccccc2cc2ccccc12)C(=O)OCO)C(=O)OCC1CO1)C(=O)OC. The third-order valence-electron chi connectivity index (χ3n) is 8.95. The lowest BCUT2D eigenvalue weighted by Crippen LogP contribution is -2.42. The van der Waals surface area contributed by atoms with Gasteiger partial charge in [-0.3, -0.25) is 14.4 Å². The number of rotatable bonds is 16. The second-order valence-electron chi connectivity index (χ2n) is 12.7. The molecule has 47 heavy (non-hydrogen) atoms. The maximum atomic E-state index is 13.6. The average molecular weight is 650 g/mol. The number of esters is 3.